The minimum atomic E-state index is -1.23. The van der Waals surface area contributed by atoms with Crippen LogP contribution in [0.2, 0.25) is 0 Å². The third kappa shape index (κ3) is 7.11. The number of carboxylic acid groups (broad SMARTS) is 1. The molecule has 2 unspecified atom stereocenters. The maximum absolute atomic E-state index is 11.4. The van der Waals surface area contributed by atoms with Crippen LogP contribution >= 0.6 is 0 Å². The number of terminal acetylenes is 1. The number of carboxylic acids is 1. The second kappa shape index (κ2) is 7.95. The fourth-order valence-electron chi connectivity index (χ4n) is 1.20. The molecule has 0 aromatic carbocycles. The van der Waals surface area contributed by atoms with E-state index < -0.39 is 23.9 Å². The van der Waals surface area contributed by atoms with Crippen molar-refractivity contribution in [3.05, 3.63) is 0 Å². The smallest absolute Gasteiger partial charge is 0.326 e. The van der Waals surface area contributed by atoms with Gasteiger partial charge in [-0.1, -0.05) is 0 Å². The minimum Gasteiger partial charge on any atom is -0.480 e. The second-order valence-corrected chi connectivity index (χ2v) is 3.82. The molecule has 0 saturated carbocycles. The first kappa shape index (κ1) is 15.8. The summed E-state index contributed by atoms with van der Waals surface area (Å²) in [5.74, 6) is 0.522. The lowest BCUT2D eigenvalue weighted by atomic mass is 10.1. The third-order valence-electron chi connectivity index (χ3n) is 2.08. The normalized spacial score (nSPS) is 12.9. The Morgan fingerprint density at radius 1 is 1.39 bits per heavy atom. The van der Waals surface area contributed by atoms with Crippen molar-refractivity contribution in [3.63, 3.8) is 0 Å². The van der Waals surface area contributed by atoms with Crippen LogP contribution in [0.25, 0.3) is 0 Å². The van der Waals surface area contributed by atoms with Gasteiger partial charge in [0.25, 0.3) is 0 Å². The predicted molar refractivity (Wildman–Crippen MR) is 64.4 cm³/mol. The van der Waals surface area contributed by atoms with Crippen LogP contribution in [0.5, 0.6) is 0 Å². The minimum absolute atomic E-state index is 0.0540. The fraction of sp³-hybridized carbons (Fsp3) is 0.545. The van der Waals surface area contributed by atoms with Gasteiger partial charge in [0, 0.05) is 18.9 Å². The first-order chi connectivity index (χ1) is 8.36. The molecular formula is C11H17N3O4. The van der Waals surface area contributed by atoms with Gasteiger partial charge in [0.2, 0.25) is 5.91 Å². The number of hydrogen-bond acceptors (Lipinski definition) is 3. The molecule has 0 bridgehead atoms. The molecule has 0 aliphatic heterocycles. The van der Waals surface area contributed by atoms with Gasteiger partial charge >= 0.3 is 12.0 Å². The molecule has 7 nitrogen and oxygen atoms in total. The largest absolute Gasteiger partial charge is 0.480 e. The topological polar surface area (TPSA) is 122 Å². The molecule has 0 aromatic rings. The van der Waals surface area contributed by atoms with Crippen molar-refractivity contribution in [1.29, 1.82) is 0 Å². The molecule has 0 heterocycles. The summed E-state index contributed by atoms with van der Waals surface area (Å²) in [6.07, 6.45) is 5.24. The number of urea groups is 1. The summed E-state index contributed by atoms with van der Waals surface area (Å²) in [6.45, 7) is 1.69. The molecule has 0 radical (unpaired) electrons. The van der Waals surface area contributed by atoms with Crippen molar-refractivity contribution in [2.45, 2.75) is 38.3 Å². The summed E-state index contributed by atoms with van der Waals surface area (Å²) in [4.78, 5) is 32.8. The van der Waals surface area contributed by atoms with E-state index in [1.165, 1.54) is 0 Å². The summed E-state index contributed by atoms with van der Waals surface area (Å²) >= 11 is 0. The molecule has 18 heavy (non-hydrogen) atoms. The Balaban J connectivity index is 4.24. The van der Waals surface area contributed by atoms with Crippen molar-refractivity contribution in [1.82, 2.24) is 10.6 Å². The number of amides is 3. The molecule has 3 amide bonds. The lowest BCUT2D eigenvalue weighted by Gasteiger charge is -2.16. The van der Waals surface area contributed by atoms with Gasteiger partial charge in [-0.15, -0.1) is 12.3 Å². The Labute approximate surface area is 105 Å². The summed E-state index contributed by atoms with van der Waals surface area (Å²) in [5.41, 5.74) is 4.91. The van der Waals surface area contributed by atoms with E-state index in [9.17, 15) is 14.4 Å². The SMILES string of the molecule is C#CCC(C)NC(=O)NC(CCC(N)=O)C(=O)O. The van der Waals surface area contributed by atoms with Crippen LogP contribution in [-0.4, -0.2) is 35.1 Å². The van der Waals surface area contributed by atoms with Crippen LogP contribution in [0.1, 0.15) is 26.2 Å². The zero-order valence-corrected chi connectivity index (χ0v) is 10.1. The van der Waals surface area contributed by atoms with Crippen LogP contribution < -0.4 is 16.4 Å². The summed E-state index contributed by atoms with van der Waals surface area (Å²) < 4.78 is 0. The highest BCUT2D eigenvalue weighted by Gasteiger charge is 2.20. The highest BCUT2D eigenvalue weighted by atomic mass is 16.4. The maximum Gasteiger partial charge on any atom is 0.326 e. The first-order valence-corrected chi connectivity index (χ1v) is 5.38. The predicted octanol–water partition coefficient (Wildman–Crippen LogP) is -0.584. The van der Waals surface area contributed by atoms with Gasteiger partial charge in [0.05, 0.1) is 0 Å². The number of carbonyl (C=O) groups excluding carboxylic acids is 2. The standard InChI is InChI=1S/C11H17N3O4/c1-3-4-7(2)13-11(18)14-8(10(16)17)5-6-9(12)15/h1,7-8H,4-6H2,2H3,(H2,12,15)(H,16,17)(H2,13,14,18). The van der Waals surface area contributed by atoms with E-state index in [0.717, 1.165) is 0 Å². The average Bonchev–Trinajstić information content (AvgIpc) is 2.23. The molecule has 0 spiro atoms. The number of hydrogen-bond donors (Lipinski definition) is 4. The van der Waals surface area contributed by atoms with Gasteiger partial charge in [0.15, 0.2) is 0 Å². The van der Waals surface area contributed by atoms with E-state index in [-0.39, 0.29) is 18.9 Å². The van der Waals surface area contributed by atoms with E-state index in [1.807, 2.05) is 0 Å². The molecule has 7 heteroatoms. The Hall–Kier alpha value is -2.23. The number of nitrogens with two attached hydrogens (primary N) is 1. The van der Waals surface area contributed by atoms with E-state index >= 15 is 0 Å². The Bertz CT molecular complexity index is 362. The molecule has 0 fully saturated rings. The quantitative estimate of drug-likeness (QED) is 0.454. The lowest BCUT2D eigenvalue weighted by molar-refractivity contribution is -0.139. The van der Waals surface area contributed by atoms with E-state index in [4.69, 9.17) is 17.3 Å². The molecule has 2 atom stereocenters. The maximum atomic E-state index is 11.4. The number of carbonyl (C=O) groups is 3. The molecule has 100 valence electrons. The molecular weight excluding hydrogens is 238 g/mol. The van der Waals surface area contributed by atoms with Gasteiger partial charge < -0.3 is 21.5 Å². The number of aliphatic carboxylic acids is 1. The van der Waals surface area contributed by atoms with E-state index in [2.05, 4.69) is 16.6 Å². The molecule has 0 aliphatic carbocycles. The monoisotopic (exact) mass is 255 g/mol. The zero-order chi connectivity index (χ0) is 14.1. The van der Waals surface area contributed by atoms with Crippen molar-refractivity contribution < 1.29 is 19.5 Å². The van der Waals surface area contributed by atoms with Gasteiger partial charge in [-0.05, 0) is 13.3 Å². The van der Waals surface area contributed by atoms with Crippen molar-refractivity contribution in [2.24, 2.45) is 5.73 Å². The van der Waals surface area contributed by atoms with Crippen molar-refractivity contribution >= 4 is 17.9 Å². The van der Waals surface area contributed by atoms with Crippen LogP contribution in [0, 0.1) is 12.3 Å². The van der Waals surface area contributed by atoms with Crippen LogP contribution in [0.15, 0.2) is 0 Å². The van der Waals surface area contributed by atoms with Gasteiger partial charge in [0.1, 0.15) is 6.04 Å². The van der Waals surface area contributed by atoms with Crippen LogP contribution in [0.4, 0.5) is 4.79 Å². The zero-order valence-electron chi connectivity index (χ0n) is 10.1. The van der Waals surface area contributed by atoms with E-state index in [1.54, 1.807) is 6.92 Å². The highest BCUT2D eigenvalue weighted by molar-refractivity contribution is 5.83. The molecule has 0 aromatic heterocycles. The third-order valence-corrected chi connectivity index (χ3v) is 2.08. The summed E-state index contributed by atoms with van der Waals surface area (Å²) in [5, 5.41) is 13.6. The van der Waals surface area contributed by atoms with Crippen molar-refractivity contribution in [2.75, 3.05) is 0 Å². The molecule has 0 rings (SSSR count). The number of rotatable bonds is 7. The first-order valence-electron chi connectivity index (χ1n) is 5.38. The second-order valence-electron chi connectivity index (χ2n) is 3.82. The van der Waals surface area contributed by atoms with Gasteiger partial charge in [-0.3, -0.25) is 4.79 Å². The summed E-state index contributed by atoms with van der Waals surface area (Å²) in [6, 6.07) is -2.06. The van der Waals surface area contributed by atoms with E-state index in [0.29, 0.717) is 6.42 Å². The average molecular weight is 255 g/mol. The van der Waals surface area contributed by atoms with Crippen LogP contribution in [-0.2, 0) is 9.59 Å². The van der Waals surface area contributed by atoms with Crippen molar-refractivity contribution in [3.8, 4) is 12.3 Å². The van der Waals surface area contributed by atoms with Gasteiger partial charge in [-0.25, -0.2) is 9.59 Å². The lowest BCUT2D eigenvalue weighted by Crippen LogP contribution is -2.48. The number of nitrogens with one attached hydrogen (secondary N) is 2. The molecule has 5 N–H and O–H groups in total. The molecule has 0 saturated heterocycles. The Kier molecular flexibility index (Phi) is 6.96. The molecule has 0 aliphatic rings. The Morgan fingerprint density at radius 3 is 2.44 bits per heavy atom. The van der Waals surface area contributed by atoms with Crippen LogP contribution in [0.3, 0.4) is 0 Å². The highest BCUT2D eigenvalue weighted by Crippen LogP contribution is 1.98. The fourth-order valence-corrected chi connectivity index (χ4v) is 1.20. The Morgan fingerprint density at radius 2 is 2.00 bits per heavy atom. The van der Waals surface area contributed by atoms with Gasteiger partial charge in [-0.2, -0.15) is 0 Å². The number of primary amides is 1. The summed E-state index contributed by atoms with van der Waals surface area (Å²) in [7, 11) is 0.